The molecule has 0 bridgehead atoms. The average molecular weight is 342 g/mol. The molecule has 3 heteroatoms. The van der Waals surface area contributed by atoms with Crippen molar-refractivity contribution >= 4 is 5.97 Å². The van der Waals surface area contributed by atoms with E-state index in [1.165, 1.54) is 0 Å². The van der Waals surface area contributed by atoms with Crippen LogP contribution in [0.15, 0.2) is 72.9 Å². The van der Waals surface area contributed by atoms with Gasteiger partial charge in [0.1, 0.15) is 6.10 Å². The summed E-state index contributed by atoms with van der Waals surface area (Å²) in [5, 5.41) is 8.50. The van der Waals surface area contributed by atoms with E-state index in [-0.39, 0.29) is 12.5 Å². The van der Waals surface area contributed by atoms with Crippen molar-refractivity contribution in [1.29, 1.82) is 0 Å². The van der Waals surface area contributed by atoms with Crippen molar-refractivity contribution in [3.05, 3.63) is 72.9 Å². The number of epoxide rings is 1. The molecule has 136 valence electrons. The van der Waals surface area contributed by atoms with Crippen molar-refractivity contribution in [1.82, 2.24) is 0 Å². The molecule has 1 saturated heterocycles. The summed E-state index contributed by atoms with van der Waals surface area (Å²) >= 11 is 0. The summed E-state index contributed by atoms with van der Waals surface area (Å²) in [6.45, 7) is 2.14. The third kappa shape index (κ3) is 12.9. The molecule has 1 heterocycles. The highest BCUT2D eigenvalue weighted by Gasteiger charge is 2.34. The lowest BCUT2D eigenvalue weighted by atomic mass is 10.2. The van der Waals surface area contributed by atoms with Crippen LogP contribution in [0.4, 0.5) is 0 Å². The molecular weight excluding hydrogens is 312 g/mol. The maximum atomic E-state index is 10.3. The zero-order valence-corrected chi connectivity index (χ0v) is 15.1. The smallest absolute Gasteiger partial charge is 0.303 e. The minimum Gasteiger partial charge on any atom is -0.481 e. The van der Waals surface area contributed by atoms with Crippen LogP contribution in [-0.2, 0) is 9.53 Å². The zero-order valence-electron chi connectivity index (χ0n) is 15.1. The number of carbonyl (C=O) groups is 1. The van der Waals surface area contributed by atoms with Crippen LogP contribution in [0, 0.1) is 0 Å². The van der Waals surface area contributed by atoms with Crippen LogP contribution in [0.5, 0.6) is 0 Å². The number of rotatable bonds is 13. The quantitative estimate of drug-likeness (QED) is 0.272. The fourth-order valence-electron chi connectivity index (χ4n) is 2.14. The molecule has 1 fully saturated rings. The van der Waals surface area contributed by atoms with Gasteiger partial charge in [-0.05, 0) is 32.1 Å². The first-order valence-electron chi connectivity index (χ1n) is 9.06. The molecule has 1 aliphatic rings. The number of aliphatic carboxylic acids is 1. The van der Waals surface area contributed by atoms with Gasteiger partial charge in [-0.25, -0.2) is 0 Å². The summed E-state index contributed by atoms with van der Waals surface area (Å²) in [7, 11) is 0. The van der Waals surface area contributed by atoms with E-state index in [0.717, 1.165) is 25.7 Å². The highest BCUT2D eigenvalue weighted by atomic mass is 16.6. The molecule has 0 radical (unpaired) electrons. The largest absolute Gasteiger partial charge is 0.481 e. The molecule has 0 saturated carbocycles. The summed E-state index contributed by atoms with van der Waals surface area (Å²) in [5.41, 5.74) is 0. The highest BCUT2D eigenvalue weighted by molar-refractivity contribution is 5.66. The zero-order chi connectivity index (χ0) is 18.2. The molecule has 0 spiro atoms. The Balaban J connectivity index is 2.01. The van der Waals surface area contributed by atoms with Crippen LogP contribution in [0.2, 0.25) is 0 Å². The Labute approximate surface area is 151 Å². The third-order valence-corrected chi connectivity index (χ3v) is 3.57. The molecule has 1 rings (SSSR count). The summed E-state index contributed by atoms with van der Waals surface area (Å²) in [4.78, 5) is 10.3. The second kappa shape index (κ2) is 14.2. The number of carboxylic acid groups (broad SMARTS) is 1. The van der Waals surface area contributed by atoms with Crippen molar-refractivity contribution in [3.63, 3.8) is 0 Å². The lowest BCUT2D eigenvalue weighted by molar-refractivity contribution is -0.136. The Hall–Kier alpha value is -2.13. The lowest BCUT2D eigenvalue weighted by Gasteiger charge is -1.86. The molecule has 2 atom stereocenters. The average Bonchev–Trinajstić information content (AvgIpc) is 3.33. The van der Waals surface area contributed by atoms with Crippen LogP contribution in [0.25, 0.3) is 0 Å². The van der Waals surface area contributed by atoms with Gasteiger partial charge < -0.3 is 9.84 Å². The molecule has 1 unspecified atom stereocenters. The van der Waals surface area contributed by atoms with Gasteiger partial charge in [0.05, 0.1) is 6.10 Å². The van der Waals surface area contributed by atoms with Gasteiger partial charge in [-0.2, -0.15) is 0 Å². The molecule has 0 aliphatic carbocycles. The minimum atomic E-state index is -0.748. The van der Waals surface area contributed by atoms with E-state index in [1.807, 2.05) is 36.5 Å². The Morgan fingerprint density at radius 1 is 0.920 bits per heavy atom. The highest BCUT2D eigenvalue weighted by Crippen LogP contribution is 2.26. The van der Waals surface area contributed by atoms with Crippen LogP contribution in [0.1, 0.15) is 45.4 Å². The van der Waals surface area contributed by atoms with Gasteiger partial charge in [0, 0.05) is 6.42 Å². The van der Waals surface area contributed by atoms with Crippen LogP contribution in [0.3, 0.4) is 0 Å². The van der Waals surface area contributed by atoms with Crippen LogP contribution >= 0.6 is 0 Å². The van der Waals surface area contributed by atoms with Crippen molar-refractivity contribution in [3.8, 4) is 0 Å². The first-order chi connectivity index (χ1) is 12.2. The van der Waals surface area contributed by atoms with Crippen LogP contribution < -0.4 is 0 Å². The van der Waals surface area contributed by atoms with Crippen molar-refractivity contribution < 1.29 is 14.6 Å². The fraction of sp³-hybridized carbons (Fsp3) is 0.409. The van der Waals surface area contributed by atoms with Gasteiger partial charge in [-0.1, -0.05) is 79.8 Å². The SMILES string of the molecule is CC/C=C\CC1O[C@H]1/C=C/C=C\C=C/C/C=C\C/C=C\CCC(=O)O. The molecule has 0 aromatic heterocycles. The van der Waals surface area contributed by atoms with E-state index in [2.05, 4.69) is 43.4 Å². The van der Waals surface area contributed by atoms with Gasteiger partial charge in [0.15, 0.2) is 0 Å². The summed E-state index contributed by atoms with van der Waals surface area (Å²) in [6.07, 6.45) is 30.1. The molecule has 0 aromatic carbocycles. The molecule has 3 nitrogen and oxygen atoms in total. The van der Waals surface area contributed by atoms with Gasteiger partial charge in [-0.15, -0.1) is 0 Å². The number of hydrogen-bond acceptors (Lipinski definition) is 2. The molecule has 1 N–H and O–H groups in total. The van der Waals surface area contributed by atoms with Gasteiger partial charge in [0.2, 0.25) is 0 Å². The Morgan fingerprint density at radius 3 is 2.40 bits per heavy atom. The number of ether oxygens (including phenoxy) is 1. The van der Waals surface area contributed by atoms with E-state index in [1.54, 1.807) is 0 Å². The predicted molar refractivity (Wildman–Crippen MR) is 105 cm³/mol. The van der Waals surface area contributed by atoms with E-state index in [4.69, 9.17) is 9.84 Å². The first kappa shape index (κ1) is 20.9. The molecular formula is C22H30O3. The van der Waals surface area contributed by atoms with E-state index in [9.17, 15) is 4.79 Å². The predicted octanol–water partition coefficient (Wildman–Crippen LogP) is 5.54. The molecule has 25 heavy (non-hydrogen) atoms. The Bertz CT molecular complexity index is 535. The maximum Gasteiger partial charge on any atom is 0.303 e. The number of hydrogen-bond donors (Lipinski definition) is 1. The molecule has 1 aliphatic heterocycles. The standard InChI is InChI=1S/C22H30O3/c1-2-3-14-17-20-21(25-20)18-15-12-10-8-6-4-5-7-9-11-13-16-19-22(23)24/h3,5-8,10-15,18,20-21H,2,4,9,16-17,19H2,1H3,(H,23,24)/b7-5-,8-6-,12-10-,13-11-,14-3-,18-15+/t20?,21-/m0/s1. The van der Waals surface area contributed by atoms with Gasteiger partial charge >= 0.3 is 5.97 Å². The number of allylic oxidation sites excluding steroid dienone is 10. The fourth-order valence-corrected chi connectivity index (χ4v) is 2.14. The van der Waals surface area contributed by atoms with Gasteiger partial charge in [-0.3, -0.25) is 4.79 Å². The van der Waals surface area contributed by atoms with Gasteiger partial charge in [0.25, 0.3) is 0 Å². The van der Waals surface area contributed by atoms with Crippen molar-refractivity contribution in [2.24, 2.45) is 0 Å². The van der Waals surface area contributed by atoms with Crippen LogP contribution in [-0.4, -0.2) is 23.3 Å². The first-order valence-corrected chi connectivity index (χ1v) is 9.06. The topological polar surface area (TPSA) is 49.8 Å². The Morgan fingerprint density at radius 2 is 1.64 bits per heavy atom. The van der Waals surface area contributed by atoms with Crippen molar-refractivity contribution in [2.45, 2.75) is 57.7 Å². The summed E-state index contributed by atoms with van der Waals surface area (Å²) < 4.78 is 5.55. The summed E-state index contributed by atoms with van der Waals surface area (Å²) in [6, 6.07) is 0. The second-order valence-corrected chi connectivity index (χ2v) is 5.80. The summed E-state index contributed by atoms with van der Waals surface area (Å²) in [5.74, 6) is -0.748. The molecule has 0 aromatic rings. The van der Waals surface area contributed by atoms with E-state index >= 15 is 0 Å². The maximum absolute atomic E-state index is 10.3. The lowest BCUT2D eigenvalue weighted by Crippen LogP contribution is -1.91. The monoisotopic (exact) mass is 342 g/mol. The Kier molecular flexibility index (Phi) is 11.9. The number of carboxylic acids is 1. The second-order valence-electron chi connectivity index (χ2n) is 5.80. The third-order valence-electron chi connectivity index (χ3n) is 3.57. The van der Waals surface area contributed by atoms with Crippen molar-refractivity contribution in [2.75, 3.05) is 0 Å². The minimum absolute atomic E-state index is 0.202. The van der Waals surface area contributed by atoms with E-state index < -0.39 is 5.97 Å². The van der Waals surface area contributed by atoms with E-state index in [0.29, 0.717) is 12.5 Å². The molecule has 0 amide bonds. The normalized spacial score (nSPS) is 21.2.